The van der Waals surface area contributed by atoms with Crippen LogP contribution < -0.4 is 73.5 Å². The Bertz CT molecular complexity index is 7700. The van der Waals surface area contributed by atoms with Gasteiger partial charge in [-0.05, 0) is 224 Å². The summed E-state index contributed by atoms with van der Waals surface area (Å²) in [5.74, 6) is 1.95. The van der Waals surface area contributed by atoms with Crippen LogP contribution in [0.3, 0.4) is 0 Å². The molecule has 0 saturated carbocycles. The highest BCUT2D eigenvalue weighted by atomic mass is 32.2. The number of hydrogen-bond acceptors (Lipinski definition) is 23. The summed E-state index contributed by atoms with van der Waals surface area (Å²) in [6, 6.07) is 48.5. The van der Waals surface area contributed by atoms with Crippen LogP contribution in [0.2, 0.25) is 0 Å². The minimum absolute atomic E-state index is 0.0201. The summed E-state index contributed by atoms with van der Waals surface area (Å²) in [4.78, 5) is 127. The second-order valence-corrected chi connectivity index (χ2v) is 35.3. The maximum atomic E-state index is 12.2. The fraction of sp³-hybridized carbons (Fsp3) is 0.317. The van der Waals surface area contributed by atoms with Crippen molar-refractivity contribution in [1.82, 2.24) is 86.5 Å². The number of ether oxygens (including phenoxy) is 5. The number of halogens is 4. The molecule has 0 spiro atoms. The predicted octanol–water partition coefficient (Wildman–Crippen LogP) is 19.2. The van der Waals surface area contributed by atoms with Crippen molar-refractivity contribution < 1.29 is 41.2 Å². The molecule has 1 saturated heterocycles. The summed E-state index contributed by atoms with van der Waals surface area (Å²) in [6.07, 6.45) is 15.1. The monoisotopic (exact) mass is 1940 g/mol. The Morgan fingerprint density at radius 1 is 0.411 bits per heavy atom. The Morgan fingerprint density at radius 3 is 1.25 bits per heavy atom. The normalized spacial score (nSPS) is 11.8. The predicted molar refractivity (Wildman–Crippen MR) is 546 cm³/mol. The number of hydrogen-bond donors (Lipinski definition) is 1. The van der Waals surface area contributed by atoms with E-state index in [-0.39, 0.29) is 110 Å². The maximum absolute atomic E-state index is 12.2. The van der Waals surface area contributed by atoms with E-state index in [9.17, 15) is 55.9 Å². The van der Waals surface area contributed by atoms with E-state index < -0.39 is 13.2 Å². The van der Waals surface area contributed by atoms with Gasteiger partial charge in [-0.1, -0.05) is 36.5 Å². The summed E-state index contributed by atoms with van der Waals surface area (Å²) in [5, 5.41) is 11.9. The topological polar surface area (TPSA) is 347 Å². The van der Waals surface area contributed by atoms with Crippen molar-refractivity contribution in [2.24, 2.45) is 7.05 Å². The average molecular weight is 1950 g/mol. The van der Waals surface area contributed by atoms with Gasteiger partial charge in [0.15, 0.2) is 10.8 Å². The fourth-order valence-electron chi connectivity index (χ4n) is 15.5. The first-order valence-corrected chi connectivity index (χ1v) is 46.7. The highest BCUT2D eigenvalue weighted by Crippen LogP contribution is 2.31. The Kier molecular flexibility index (Phi) is 36.1. The lowest BCUT2D eigenvalue weighted by molar-refractivity contribution is -0.0505. The molecule has 1 fully saturated rings. The van der Waals surface area contributed by atoms with Crippen molar-refractivity contribution in [2.45, 2.75) is 184 Å². The van der Waals surface area contributed by atoms with Crippen LogP contribution in [0.1, 0.15) is 159 Å². The number of pyridine rings is 11. The SMILES string of the molecule is C=CCOc1cnc2ccc(=O)n(C(C)C)c2c1.CC(C)n1c(=O)ccc2ccc(-c3cnn(C)c3)cc21.CC(C)n1c(=O)ccc2ccc(OC(F)F)cc21.CC(C)n1c(=O)ccc2ccc(OC3CNC3)cc21.CC(C)n1c(=O)ccc2ncc(OC(F)F)cc21.COc1ccc2ncc(=O)n(C(C)C)c2n1.CSc1ncc2ccc(=O)n(C(C)C)c2n1.[C-]#[N+]c1cnc2ccc(=O)n(C(C)C)c2c1. The van der Waals surface area contributed by atoms with E-state index in [1.165, 1.54) is 71.3 Å². The van der Waals surface area contributed by atoms with Gasteiger partial charge in [0.1, 0.15) is 46.9 Å². The minimum atomic E-state index is -2.91. The lowest BCUT2D eigenvalue weighted by atomic mass is 10.1. The van der Waals surface area contributed by atoms with Crippen molar-refractivity contribution in [3.63, 3.8) is 0 Å². The molecule has 17 aromatic rings. The summed E-state index contributed by atoms with van der Waals surface area (Å²) in [6.45, 7) is 38.1. The molecule has 0 aliphatic carbocycles. The summed E-state index contributed by atoms with van der Waals surface area (Å²) in [7, 11) is 3.44. The molecule has 0 amide bonds. The highest BCUT2D eigenvalue weighted by Gasteiger charge is 2.22. The van der Waals surface area contributed by atoms with Gasteiger partial charge in [-0.15, -0.1) is 0 Å². The van der Waals surface area contributed by atoms with E-state index in [0.717, 1.165) is 84.6 Å². The average Bonchev–Trinajstić information content (AvgIpc) is 1.62. The van der Waals surface area contributed by atoms with Crippen LogP contribution in [0.15, 0.2) is 269 Å². The van der Waals surface area contributed by atoms with Crippen LogP contribution in [0.4, 0.5) is 23.2 Å². The van der Waals surface area contributed by atoms with Crippen molar-refractivity contribution in [3.8, 4) is 40.0 Å². The van der Waals surface area contributed by atoms with E-state index in [2.05, 4.69) is 84.4 Å². The molecule has 0 unspecified atom stereocenters. The third kappa shape index (κ3) is 26.5. The van der Waals surface area contributed by atoms with Crippen molar-refractivity contribution in [3.05, 3.63) is 320 Å². The number of rotatable bonds is 20. The number of benzene rings is 3. The highest BCUT2D eigenvalue weighted by molar-refractivity contribution is 7.98. The minimum Gasteiger partial charge on any atom is -0.488 e. The maximum Gasteiger partial charge on any atom is 0.387 e. The molecule has 736 valence electrons. The zero-order chi connectivity index (χ0) is 102. The van der Waals surface area contributed by atoms with Crippen LogP contribution >= 0.6 is 11.8 Å². The molecule has 0 radical (unpaired) electrons. The first-order valence-electron chi connectivity index (χ1n) is 45.4. The van der Waals surface area contributed by atoms with E-state index >= 15 is 0 Å². The number of thioether (sulfide) groups is 1. The van der Waals surface area contributed by atoms with Crippen molar-refractivity contribution >= 4 is 105 Å². The number of aromatic nitrogens is 17. The van der Waals surface area contributed by atoms with Gasteiger partial charge in [-0.3, -0.25) is 67.1 Å². The standard InChI is InChI=1S/C16H17N3O.C15H18N2O2.C14H16N2O2.C13H13F2NO2.C12H12F2N2O2.C12H11N3O.C11H13N3O2.C11H13N3OS/c1-11(2)19-15-8-13(14-9-17-18(3)10-14)5-4-12(15)6-7-16(19)20;1-10(2)17-14-7-12(19-13-8-16-9-13)5-3-11(14)4-6-15(17)18;1-4-7-18-11-8-13-12(15-9-11)5-6-14(17)16(13)10(2)3;1-8(2)16-11-7-10(18-13(14)15)5-3-9(11)4-6-12(16)17;1-7(2)16-10-5-8(18-12(13)14)6-15-9(10)3-4-11(16)17;1-8(2)15-11-6-9(13-3)7-14-10(11)4-5-12(15)16;1-7(2)14-10(15)6-12-8-4-5-9(16-3)13-11(8)14;1-7(2)14-9(15)5-4-8-6-12-11(16-3)13-10(8)14/h4-11H,1-3H3;3-7,10,13,16H,8-9H2,1-2H3;4-6,8-10H,1,7H2,2-3H3;3-8,13H,1-2H3;3-7,12H,1-2H3;4-8H,1-2H3;2*4-7H,1-3H3. The lowest BCUT2D eigenvalue weighted by Gasteiger charge is -2.28. The molecule has 18 rings (SSSR count). The number of alkyl halides is 4. The van der Waals surface area contributed by atoms with Gasteiger partial charge in [0.2, 0.25) is 11.6 Å². The third-order valence-corrected chi connectivity index (χ3v) is 22.4. The lowest BCUT2D eigenvalue weighted by Crippen LogP contribution is -2.50. The molecule has 1 aliphatic heterocycles. The van der Waals surface area contributed by atoms with Gasteiger partial charge < -0.3 is 56.4 Å². The zero-order valence-corrected chi connectivity index (χ0v) is 82.6. The third-order valence-electron chi connectivity index (χ3n) is 21.8. The molecule has 1 N–H and O–H groups in total. The number of fused-ring (bicyclic) bond motifs is 8. The van der Waals surface area contributed by atoms with Crippen LogP contribution in [0, 0.1) is 6.57 Å². The molecule has 141 heavy (non-hydrogen) atoms. The van der Waals surface area contributed by atoms with Gasteiger partial charge in [0, 0.05) is 171 Å². The molecular formula is C104H113F4N19O13S. The Balaban J connectivity index is 0.000000154. The molecule has 37 heteroatoms. The van der Waals surface area contributed by atoms with Crippen LogP contribution in [-0.2, 0) is 7.05 Å². The number of nitrogens with one attached hydrogen (secondary N) is 1. The quantitative estimate of drug-likeness (QED) is 0.0243. The number of aryl methyl sites for hydroxylation is 1. The number of methoxy groups -OCH3 is 1. The summed E-state index contributed by atoms with van der Waals surface area (Å²) >= 11 is 1.47. The molecule has 32 nitrogen and oxygen atoms in total. The van der Waals surface area contributed by atoms with Gasteiger partial charge in [-0.2, -0.15) is 27.6 Å². The molecule has 14 aromatic heterocycles. The van der Waals surface area contributed by atoms with Gasteiger partial charge in [0.05, 0.1) is 88.1 Å². The zero-order valence-electron chi connectivity index (χ0n) is 81.7. The summed E-state index contributed by atoms with van der Waals surface area (Å²) < 4.78 is 88.7. The van der Waals surface area contributed by atoms with Crippen LogP contribution in [0.25, 0.3) is 104 Å². The van der Waals surface area contributed by atoms with E-state index in [1.54, 1.807) is 137 Å². The van der Waals surface area contributed by atoms with Gasteiger partial charge in [0.25, 0.3) is 44.5 Å². The Hall–Kier alpha value is -15.6. The van der Waals surface area contributed by atoms with Crippen molar-refractivity contribution in [2.75, 3.05) is 33.1 Å². The number of nitrogens with zero attached hydrogens (tertiary/aromatic N) is 18. The molecule has 3 aromatic carbocycles. The molecule has 0 bridgehead atoms. The first-order chi connectivity index (χ1) is 67.2. The largest absolute Gasteiger partial charge is 0.488 e. The van der Waals surface area contributed by atoms with Gasteiger partial charge in [-0.25, -0.2) is 19.8 Å². The van der Waals surface area contributed by atoms with E-state index in [4.69, 9.17) is 20.8 Å². The Morgan fingerprint density at radius 2 is 0.801 bits per heavy atom. The Labute approximate surface area is 812 Å². The van der Waals surface area contributed by atoms with Crippen molar-refractivity contribution in [1.29, 1.82) is 0 Å². The van der Waals surface area contributed by atoms with Crippen LogP contribution in [-0.4, -0.2) is 134 Å². The summed E-state index contributed by atoms with van der Waals surface area (Å²) in [5.41, 5.74) is 10.6. The fourth-order valence-corrected chi connectivity index (χ4v) is 15.8. The second kappa shape index (κ2) is 48.1. The molecule has 0 atom stereocenters. The van der Waals surface area contributed by atoms with Crippen LogP contribution in [0.5, 0.6) is 28.9 Å². The van der Waals surface area contributed by atoms with E-state index in [1.807, 2.05) is 177 Å². The smallest absolute Gasteiger partial charge is 0.387 e. The van der Waals surface area contributed by atoms with Gasteiger partial charge >= 0.3 is 13.2 Å². The molecular weight excluding hydrogens is 1830 g/mol. The van der Waals surface area contributed by atoms with E-state index in [0.29, 0.717) is 62.4 Å². The molecule has 15 heterocycles. The second-order valence-electron chi connectivity index (χ2n) is 34.6. The first kappa shape index (κ1) is 106. The molecule has 1 aliphatic rings.